The van der Waals surface area contributed by atoms with E-state index in [2.05, 4.69) is 31.4 Å². The van der Waals surface area contributed by atoms with Crippen molar-refractivity contribution in [1.82, 2.24) is 45.9 Å². The standard InChI is InChI=1S/C25H27ClFN9O/c26-17-3-6-20(35-12-30-33-34-35)23(24(17)27)14-8-16-2-5-21(36(16)22(37)9-14)25-28-11-19(31-25)13-1-4-18-15(7-13)10-29-32-18/h3,6,9,11-13,15-16,18,21,29,32H,1-2,4-5,7-8,10H2,(H,28,31)/t13?,15?,16-,18?,21+/m1/s1. The molecule has 5 atom stereocenters. The van der Waals surface area contributed by atoms with Crippen LogP contribution in [-0.4, -0.2) is 59.6 Å². The summed E-state index contributed by atoms with van der Waals surface area (Å²) in [6.45, 7) is 1.01. The SMILES string of the molecule is O=C1C=C(c2c(-n3cnnn3)ccc(Cl)c2F)C[C@H]2CC[C@@H](c3ncc(C4CCC5NNCC5C4)[nH]3)N12. The Hall–Kier alpha value is -3.15. The van der Waals surface area contributed by atoms with Crippen molar-refractivity contribution in [2.75, 3.05) is 6.54 Å². The Balaban J connectivity index is 1.15. The van der Waals surface area contributed by atoms with Crippen LogP contribution in [0.4, 0.5) is 4.39 Å². The number of halogens is 2. The number of aromatic amines is 1. The van der Waals surface area contributed by atoms with Crippen LogP contribution in [0, 0.1) is 11.7 Å². The molecule has 2 aromatic heterocycles. The minimum atomic E-state index is -0.574. The lowest BCUT2D eigenvalue weighted by molar-refractivity contribution is -0.129. The fraction of sp³-hybridized carbons (Fsp3) is 0.480. The highest BCUT2D eigenvalue weighted by Crippen LogP contribution is 2.44. The molecule has 7 rings (SSSR count). The Bertz CT molecular complexity index is 1370. The van der Waals surface area contributed by atoms with Crippen LogP contribution in [0.25, 0.3) is 11.3 Å². The number of H-pyrrole nitrogens is 1. The molecule has 3 unspecified atom stereocenters. The number of nitrogens with one attached hydrogen (secondary N) is 3. The number of carbonyl (C=O) groups excluding carboxylic acids is 1. The number of rotatable bonds is 4. The number of fused-ring (bicyclic) bond motifs is 2. The Morgan fingerprint density at radius 2 is 2.08 bits per heavy atom. The Morgan fingerprint density at radius 3 is 2.95 bits per heavy atom. The van der Waals surface area contributed by atoms with E-state index in [1.807, 2.05) is 11.1 Å². The fourth-order valence-electron chi connectivity index (χ4n) is 6.72. The predicted molar refractivity (Wildman–Crippen MR) is 133 cm³/mol. The van der Waals surface area contributed by atoms with Crippen molar-refractivity contribution in [3.8, 4) is 5.69 Å². The molecular formula is C25H27ClFN9O. The normalized spacial score (nSPS) is 29.4. The molecule has 3 N–H and O–H groups in total. The molecule has 3 fully saturated rings. The number of hydrogen-bond acceptors (Lipinski definition) is 7. The number of carbonyl (C=O) groups is 1. The number of nitrogens with zero attached hydrogens (tertiary/aromatic N) is 6. The monoisotopic (exact) mass is 523 g/mol. The second-order valence-electron chi connectivity index (χ2n) is 10.5. The highest BCUT2D eigenvalue weighted by Gasteiger charge is 2.42. The number of hydrogen-bond donors (Lipinski definition) is 3. The molecule has 4 aliphatic rings. The van der Waals surface area contributed by atoms with E-state index in [1.54, 1.807) is 6.07 Å². The summed E-state index contributed by atoms with van der Waals surface area (Å²) < 4.78 is 16.7. The van der Waals surface area contributed by atoms with Crippen molar-refractivity contribution >= 4 is 23.1 Å². The number of aromatic nitrogens is 6. The lowest BCUT2D eigenvalue weighted by Gasteiger charge is -2.33. The molecule has 1 amide bonds. The molecule has 2 saturated heterocycles. The molecule has 0 spiro atoms. The van der Waals surface area contributed by atoms with Gasteiger partial charge in [-0.25, -0.2) is 9.37 Å². The molecule has 10 nitrogen and oxygen atoms in total. The van der Waals surface area contributed by atoms with Gasteiger partial charge in [0.05, 0.1) is 16.8 Å². The first-order valence-electron chi connectivity index (χ1n) is 12.8. The molecule has 1 aliphatic carbocycles. The highest BCUT2D eigenvalue weighted by molar-refractivity contribution is 6.31. The van der Waals surface area contributed by atoms with Gasteiger partial charge in [-0.3, -0.25) is 15.6 Å². The molecule has 5 heterocycles. The summed E-state index contributed by atoms with van der Waals surface area (Å²) in [4.78, 5) is 23.7. The summed E-state index contributed by atoms with van der Waals surface area (Å²) in [5.41, 5.74) is 9.16. The molecule has 0 bridgehead atoms. The quantitative estimate of drug-likeness (QED) is 0.481. The van der Waals surface area contributed by atoms with Crippen molar-refractivity contribution in [3.63, 3.8) is 0 Å². The lowest BCUT2D eigenvalue weighted by Crippen LogP contribution is -2.39. The van der Waals surface area contributed by atoms with Crippen molar-refractivity contribution in [2.24, 2.45) is 5.92 Å². The summed E-state index contributed by atoms with van der Waals surface area (Å²) >= 11 is 6.14. The average Bonchev–Trinajstić information content (AvgIpc) is 3.71. The zero-order chi connectivity index (χ0) is 25.1. The summed E-state index contributed by atoms with van der Waals surface area (Å²) in [5, 5.41) is 11.2. The first kappa shape index (κ1) is 23.0. The van der Waals surface area contributed by atoms with Crippen LogP contribution in [0.15, 0.2) is 30.7 Å². The molecule has 3 aliphatic heterocycles. The number of tetrazole rings is 1. The number of benzene rings is 1. The third kappa shape index (κ3) is 3.87. The van der Waals surface area contributed by atoms with E-state index in [4.69, 9.17) is 16.6 Å². The van der Waals surface area contributed by atoms with Crippen molar-refractivity contribution in [2.45, 2.75) is 62.6 Å². The van der Waals surface area contributed by atoms with Gasteiger partial charge < -0.3 is 9.88 Å². The van der Waals surface area contributed by atoms with Crippen LogP contribution in [0.5, 0.6) is 0 Å². The van der Waals surface area contributed by atoms with Gasteiger partial charge in [0.2, 0.25) is 5.91 Å². The van der Waals surface area contributed by atoms with Gasteiger partial charge in [-0.15, -0.1) is 5.10 Å². The molecule has 192 valence electrons. The minimum absolute atomic E-state index is 0.00628. The van der Waals surface area contributed by atoms with E-state index in [9.17, 15) is 4.79 Å². The fourth-order valence-corrected chi connectivity index (χ4v) is 6.87. The molecule has 1 aromatic carbocycles. The smallest absolute Gasteiger partial charge is 0.247 e. The van der Waals surface area contributed by atoms with E-state index in [-0.39, 0.29) is 28.6 Å². The van der Waals surface area contributed by atoms with Gasteiger partial charge in [-0.1, -0.05) is 11.6 Å². The molecule has 1 saturated carbocycles. The topological polar surface area (TPSA) is 117 Å². The van der Waals surface area contributed by atoms with Crippen LogP contribution in [0.3, 0.4) is 0 Å². The van der Waals surface area contributed by atoms with Crippen molar-refractivity contribution in [3.05, 3.63) is 58.7 Å². The second-order valence-corrected chi connectivity index (χ2v) is 10.9. The van der Waals surface area contributed by atoms with E-state index in [0.29, 0.717) is 35.6 Å². The zero-order valence-electron chi connectivity index (χ0n) is 20.1. The van der Waals surface area contributed by atoms with Gasteiger partial charge in [0.25, 0.3) is 0 Å². The maximum absolute atomic E-state index is 15.3. The molecule has 0 radical (unpaired) electrons. The Morgan fingerprint density at radius 1 is 1.16 bits per heavy atom. The number of imidazole rings is 1. The van der Waals surface area contributed by atoms with Gasteiger partial charge in [-0.2, -0.15) is 4.68 Å². The molecule has 3 aromatic rings. The minimum Gasteiger partial charge on any atom is -0.344 e. The van der Waals surface area contributed by atoms with Gasteiger partial charge in [-0.05, 0) is 72.6 Å². The molecular weight excluding hydrogens is 497 g/mol. The number of hydrazine groups is 1. The summed E-state index contributed by atoms with van der Waals surface area (Å²) in [6.07, 6.45) is 10.4. The van der Waals surface area contributed by atoms with Gasteiger partial charge in [0.15, 0.2) is 5.82 Å². The lowest BCUT2D eigenvalue weighted by atomic mass is 9.78. The first-order valence-corrected chi connectivity index (χ1v) is 13.2. The van der Waals surface area contributed by atoms with Crippen LogP contribution in [0.2, 0.25) is 5.02 Å². The molecule has 12 heteroatoms. The van der Waals surface area contributed by atoms with Crippen molar-refractivity contribution in [1.29, 1.82) is 0 Å². The van der Waals surface area contributed by atoms with Crippen LogP contribution < -0.4 is 10.9 Å². The highest BCUT2D eigenvalue weighted by atomic mass is 35.5. The zero-order valence-corrected chi connectivity index (χ0v) is 20.8. The third-order valence-corrected chi connectivity index (χ3v) is 8.80. The van der Waals surface area contributed by atoms with Crippen LogP contribution in [0.1, 0.15) is 67.6 Å². The Labute approximate surface area is 217 Å². The van der Waals surface area contributed by atoms with Crippen LogP contribution >= 0.6 is 11.6 Å². The maximum Gasteiger partial charge on any atom is 0.247 e. The summed E-state index contributed by atoms with van der Waals surface area (Å²) in [6, 6.07) is 3.55. The van der Waals surface area contributed by atoms with E-state index in [0.717, 1.165) is 50.2 Å². The van der Waals surface area contributed by atoms with Crippen molar-refractivity contribution < 1.29 is 9.18 Å². The van der Waals surface area contributed by atoms with E-state index < -0.39 is 5.82 Å². The summed E-state index contributed by atoms with van der Waals surface area (Å²) in [5.74, 6) is 1.22. The largest absolute Gasteiger partial charge is 0.344 e. The second kappa shape index (κ2) is 9.00. The van der Waals surface area contributed by atoms with Crippen LogP contribution in [-0.2, 0) is 4.79 Å². The number of amides is 1. The van der Waals surface area contributed by atoms with Gasteiger partial charge >= 0.3 is 0 Å². The van der Waals surface area contributed by atoms with Gasteiger partial charge in [0.1, 0.15) is 12.2 Å². The van der Waals surface area contributed by atoms with Gasteiger partial charge in [0, 0.05) is 48.1 Å². The first-order chi connectivity index (χ1) is 18.1. The average molecular weight is 524 g/mol. The Kier molecular flexibility index (Phi) is 5.60. The van der Waals surface area contributed by atoms with E-state index in [1.165, 1.54) is 23.2 Å². The third-order valence-electron chi connectivity index (χ3n) is 8.50. The summed E-state index contributed by atoms with van der Waals surface area (Å²) in [7, 11) is 0. The predicted octanol–water partition coefficient (Wildman–Crippen LogP) is 3.06. The molecule has 37 heavy (non-hydrogen) atoms. The van der Waals surface area contributed by atoms with E-state index >= 15 is 4.39 Å². The maximum atomic E-state index is 15.3.